The van der Waals surface area contributed by atoms with Crippen LogP contribution in [0, 0.1) is 0 Å². The van der Waals surface area contributed by atoms with Crippen LogP contribution in [0.1, 0.15) is 40.3 Å². The highest BCUT2D eigenvalue weighted by Crippen LogP contribution is 2.46. The number of benzene rings is 2. The molecule has 2 bridgehead atoms. The number of hydrogen-bond donors (Lipinski definition) is 1. The van der Waals surface area contributed by atoms with E-state index in [1.807, 2.05) is 36.4 Å². The minimum Gasteiger partial charge on any atom is -0.497 e. The number of methoxy groups -OCH3 is 1. The van der Waals surface area contributed by atoms with E-state index < -0.39 is 0 Å². The molecule has 0 spiro atoms. The van der Waals surface area contributed by atoms with Crippen molar-refractivity contribution in [1.29, 1.82) is 0 Å². The standard InChI is InChI=1S/C18H14ClN3O2/c1-24-9-5-6-12-14(7-9)22-15-8-13(17(22)20-12)21-18(23)10-3-2-4-11(19)16(10)15/h2-7,13,15H,8H2,1H3,(H,21,23)/t13-,15+/m1/s1. The summed E-state index contributed by atoms with van der Waals surface area (Å²) in [5.74, 6) is 1.57. The molecule has 1 N–H and O–H groups in total. The van der Waals surface area contributed by atoms with Gasteiger partial charge >= 0.3 is 0 Å². The molecule has 0 saturated carbocycles. The molecule has 120 valence electrons. The van der Waals surface area contributed by atoms with E-state index in [1.54, 1.807) is 7.11 Å². The molecule has 2 aliphatic rings. The molecule has 0 fully saturated rings. The van der Waals surface area contributed by atoms with Crippen molar-refractivity contribution in [2.24, 2.45) is 0 Å². The van der Waals surface area contributed by atoms with Gasteiger partial charge in [-0.25, -0.2) is 4.98 Å². The molecule has 0 unspecified atom stereocenters. The zero-order valence-electron chi connectivity index (χ0n) is 12.9. The first-order valence-electron chi connectivity index (χ1n) is 7.82. The predicted molar refractivity (Wildman–Crippen MR) is 90.7 cm³/mol. The topological polar surface area (TPSA) is 56.1 Å². The van der Waals surface area contributed by atoms with E-state index in [1.165, 1.54) is 0 Å². The normalized spacial score (nSPS) is 21.2. The summed E-state index contributed by atoms with van der Waals surface area (Å²) in [5, 5.41) is 3.70. The van der Waals surface area contributed by atoms with Gasteiger partial charge in [-0.05, 0) is 30.7 Å². The van der Waals surface area contributed by atoms with E-state index in [9.17, 15) is 4.79 Å². The smallest absolute Gasteiger partial charge is 0.252 e. The second-order valence-electron chi connectivity index (χ2n) is 6.17. The van der Waals surface area contributed by atoms with Crippen molar-refractivity contribution in [2.45, 2.75) is 18.5 Å². The first-order valence-corrected chi connectivity index (χ1v) is 8.20. The van der Waals surface area contributed by atoms with Gasteiger partial charge in [0.15, 0.2) is 0 Å². The van der Waals surface area contributed by atoms with Crippen molar-refractivity contribution < 1.29 is 9.53 Å². The van der Waals surface area contributed by atoms with E-state index in [2.05, 4.69) is 9.88 Å². The molecule has 1 amide bonds. The number of amides is 1. The third-order valence-corrected chi connectivity index (χ3v) is 5.27. The van der Waals surface area contributed by atoms with Crippen LogP contribution in [0.3, 0.4) is 0 Å². The van der Waals surface area contributed by atoms with E-state index in [4.69, 9.17) is 21.3 Å². The first kappa shape index (κ1) is 13.9. The Kier molecular flexibility index (Phi) is 2.74. The second kappa shape index (κ2) is 4.74. The highest BCUT2D eigenvalue weighted by Gasteiger charge is 2.41. The number of ether oxygens (including phenoxy) is 1. The van der Waals surface area contributed by atoms with Gasteiger partial charge in [0.1, 0.15) is 11.6 Å². The number of aromatic nitrogens is 2. The highest BCUT2D eigenvalue weighted by molar-refractivity contribution is 6.32. The van der Waals surface area contributed by atoms with Crippen LogP contribution >= 0.6 is 11.6 Å². The molecule has 0 saturated heterocycles. The minimum absolute atomic E-state index is 0.00949. The zero-order valence-corrected chi connectivity index (χ0v) is 13.7. The number of carbonyl (C=O) groups excluding carboxylic acids is 1. The SMILES string of the molecule is COc1ccc2nc3n(c2c1)[C@H]1C[C@H]3NC(=O)c2cccc(Cl)c21. The van der Waals surface area contributed by atoms with Gasteiger partial charge in [-0.15, -0.1) is 0 Å². The number of hydrogen-bond acceptors (Lipinski definition) is 3. The average Bonchev–Trinajstić information content (AvgIpc) is 3.07. The zero-order chi connectivity index (χ0) is 16.4. The molecule has 2 aromatic carbocycles. The maximum Gasteiger partial charge on any atom is 0.252 e. The maximum absolute atomic E-state index is 12.5. The third kappa shape index (κ3) is 1.70. The lowest BCUT2D eigenvalue weighted by molar-refractivity contribution is 0.0938. The molecular formula is C18H14ClN3O2. The van der Waals surface area contributed by atoms with E-state index in [0.717, 1.165) is 34.6 Å². The van der Waals surface area contributed by atoms with Gasteiger partial charge in [-0.1, -0.05) is 17.7 Å². The van der Waals surface area contributed by atoms with Gasteiger partial charge in [-0.3, -0.25) is 4.79 Å². The number of halogens is 1. The van der Waals surface area contributed by atoms with Gasteiger partial charge in [0, 0.05) is 22.2 Å². The summed E-state index contributed by atoms with van der Waals surface area (Å²) in [4.78, 5) is 17.3. The second-order valence-corrected chi connectivity index (χ2v) is 6.58. The Bertz CT molecular complexity index is 1010. The number of rotatable bonds is 1. The van der Waals surface area contributed by atoms with Gasteiger partial charge in [0.2, 0.25) is 0 Å². The van der Waals surface area contributed by atoms with Crippen molar-refractivity contribution in [3.63, 3.8) is 0 Å². The molecule has 6 heteroatoms. The highest BCUT2D eigenvalue weighted by atomic mass is 35.5. The summed E-state index contributed by atoms with van der Waals surface area (Å²) >= 11 is 6.48. The summed E-state index contributed by atoms with van der Waals surface area (Å²) in [6.45, 7) is 0. The fraction of sp³-hybridized carbons (Fsp3) is 0.222. The number of fused-ring (bicyclic) bond motifs is 9. The molecule has 5 rings (SSSR count). The maximum atomic E-state index is 12.5. The Morgan fingerprint density at radius 3 is 3.04 bits per heavy atom. The summed E-state index contributed by atoms with van der Waals surface area (Å²) < 4.78 is 7.55. The summed E-state index contributed by atoms with van der Waals surface area (Å²) in [7, 11) is 1.65. The van der Waals surface area contributed by atoms with Crippen molar-refractivity contribution in [1.82, 2.24) is 14.9 Å². The lowest BCUT2D eigenvalue weighted by atomic mass is 9.99. The fourth-order valence-electron chi connectivity index (χ4n) is 3.91. The molecule has 2 aliphatic heterocycles. The molecule has 3 heterocycles. The fourth-order valence-corrected chi connectivity index (χ4v) is 4.21. The van der Waals surface area contributed by atoms with Crippen LogP contribution in [0.5, 0.6) is 5.75 Å². The van der Waals surface area contributed by atoms with Crippen LogP contribution in [0.4, 0.5) is 0 Å². The van der Waals surface area contributed by atoms with E-state index in [0.29, 0.717) is 10.6 Å². The molecule has 1 aromatic heterocycles. The van der Waals surface area contributed by atoms with Crippen LogP contribution in [-0.4, -0.2) is 22.6 Å². The van der Waals surface area contributed by atoms with Crippen LogP contribution in [0.25, 0.3) is 11.0 Å². The van der Waals surface area contributed by atoms with Crippen molar-refractivity contribution in [3.8, 4) is 5.75 Å². The number of nitrogens with one attached hydrogen (secondary N) is 1. The summed E-state index contributed by atoms with van der Waals surface area (Å²) in [5.41, 5.74) is 3.41. The summed E-state index contributed by atoms with van der Waals surface area (Å²) in [6, 6.07) is 11.2. The van der Waals surface area contributed by atoms with Crippen molar-refractivity contribution in [2.75, 3.05) is 7.11 Å². The lowest BCUT2D eigenvalue weighted by Gasteiger charge is -2.19. The molecular weight excluding hydrogens is 326 g/mol. The molecule has 5 nitrogen and oxygen atoms in total. The van der Waals surface area contributed by atoms with Gasteiger partial charge in [0.05, 0.1) is 30.2 Å². The molecule has 2 atom stereocenters. The van der Waals surface area contributed by atoms with Crippen LogP contribution in [0.2, 0.25) is 5.02 Å². The summed E-state index contributed by atoms with van der Waals surface area (Å²) in [6.07, 6.45) is 0.762. The molecule has 3 aromatic rings. The van der Waals surface area contributed by atoms with Gasteiger partial charge in [-0.2, -0.15) is 0 Å². The van der Waals surface area contributed by atoms with Crippen molar-refractivity contribution in [3.05, 3.63) is 58.4 Å². The van der Waals surface area contributed by atoms with Crippen LogP contribution in [0.15, 0.2) is 36.4 Å². The Morgan fingerprint density at radius 2 is 2.21 bits per heavy atom. The third-order valence-electron chi connectivity index (χ3n) is 4.94. The Morgan fingerprint density at radius 1 is 1.33 bits per heavy atom. The number of imidazole rings is 1. The molecule has 0 aliphatic carbocycles. The van der Waals surface area contributed by atoms with E-state index in [-0.39, 0.29) is 18.0 Å². The molecule has 0 radical (unpaired) electrons. The molecule has 24 heavy (non-hydrogen) atoms. The van der Waals surface area contributed by atoms with Crippen LogP contribution < -0.4 is 10.1 Å². The van der Waals surface area contributed by atoms with Gasteiger partial charge in [0.25, 0.3) is 5.91 Å². The predicted octanol–water partition coefficient (Wildman–Crippen LogP) is 3.48. The number of nitrogens with zero attached hydrogens (tertiary/aromatic N) is 2. The average molecular weight is 340 g/mol. The van der Waals surface area contributed by atoms with E-state index >= 15 is 0 Å². The lowest BCUT2D eigenvalue weighted by Crippen LogP contribution is -2.27. The monoisotopic (exact) mass is 339 g/mol. The van der Waals surface area contributed by atoms with Crippen molar-refractivity contribution >= 4 is 28.5 Å². The Balaban J connectivity index is 1.83. The number of carbonyl (C=O) groups is 1. The quantitative estimate of drug-likeness (QED) is 0.738. The van der Waals surface area contributed by atoms with Crippen LogP contribution in [-0.2, 0) is 0 Å². The largest absolute Gasteiger partial charge is 0.497 e. The first-order chi connectivity index (χ1) is 11.7. The Labute approximate surface area is 143 Å². The Hall–Kier alpha value is -2.53. The van der Waals surface area contributed by atoms with Gasteiger partial charge < -0.3 is 14.6 Å². The minimum atomic E-state index is -0.107.